The van der Waals surface area contributed by atoms with Crippen LogP contribution in [0, 0.1) is 0 Å². The third-order valence-corrected chi connectivity index (χ3v) is 2.93. The van der Waals surface area contributed by atoms with Gasteiger partial charge >= 0.3 is 0 Å². The summed E-state index contributed by atoms with van der Waals surface area (Å²) in [5.74, 6) is 0. The summed E-state index contributed by atoms with van der Waals surface area (Å²) in [6.07, 6.45) is -1.12. The highest BCUT2D eigenvalue weighted by Crippen LogP contribution is 2.28. The molecular formula is C13H14ClNO2. The molecule has 0 saturated heterocycles. The van der Waals surface area contributed by atoms with Gasteiger partial charge in [-0.2, -0.15) is 0 Å². The van der Waals surface area contributed by atoms with Crippen LogP contribution in [0.25, 0.3) is 10.9 Å². The number of pyridine rings is 1. The minimum Gasteiger partial charge on any atom is -0.393 e. The number of halogens is 1. The first-order valence-electron chi connectivity index (χ1n) is 5.49. The molecule has 2 aromatic rings. The van der Waals surface area contributed by atoms with Crippen molar-refractivity contribution >= 4 is 22.5 Å². The van der Waals surface area contributed by atoms with Crippen LogP contribution >= 0.6 is 11.6 Å². The number of rotatable bonds is 3. The summed E-state index contributed by atoms with van der Waals surface area (Å²) in [6.45, 7) is 1.63. The average Bonchev–Trinajstić information content (AvgIpc) is 2.27. The molecule has 4 heteroatoms. The Morgan fingerprint density at radius 3 is 2.71 bits per heavy atom. The van der Waals surface area contributed by atoms with E-state index < -0.39 is 12.2 Å². The van der Waals surface area contributed by atoms with Gasteiger partial charge < -0.3 is 10.2 Å². The summed E-state index contributed by atoms with van der Waals surface area (Å²) < 4.78 is 0. The van der Waals surface area contributed by atoms with Crippen LogP contribution in [0.2, 0.25) is 5.15 Å². The minimum atomic E-state index is -0.792. The van der Waals surface area contributed by atoms with Crippen molar-refractivity contribution in [1.82, 2.24) is 4.98 Å². The molecule has 0 amide bonds. The molecule has 1 aromatic heterocycles. The summed E-state index contributed by atoms with van der Waals surface area (Å²) in [5.41, 5.74) is 1.36. The van der Waals surface area contributed by atoms with Gasteiger partial charge in [0.25, 0.3) is 0 Å². The van der Waals surface area contributed by atoms with Crippen molar-refractivity contribution in [3.05, 3.63) is 41.0 Å². The van der Waals surface area contributed by atoms with Crippen molar-refractivity contribution in [2.45, 2.75) is 25.6 Å². The summed E-state index contributed by atoms with van der Waals surface area (Å²) in [7, 11) is 0. The van der Waals surface area contributed by atoms with E-state index in [0.717, 1.165) is 10.9 Å². The average molecular weight is 252 g/mol. The highest BCUT2D eigenvalue weighted by atomic mass is 35.5. The van der Waals surface area contributed by atoms with E-state index >= 15 is 0 Å². The first-order valence-corrected chi connectivity index (χ1v) is 5.87. The van der Waals surface area contributed by atoms with Gasteiger partial charge in [-0.3, -0.25) is 0 Å². The third-order valence-electron chi connectivity index (χ3n) is 2.63. The van der Waals surface area contributed by atoms with Crippen LogP contribution in [-0.4, -0.2) is 21.3 Å². The molecule has 0 bridgehead atoms. The molecular weight excluding hydrogens is 238 g/mol. The highest BCUT2D eigenvalue weighted by molar-refractivity contribution is 6.30. The molecule has 1 aromatic carbocycles. The fourth-order valence-corrected chi connectivity index (χ4v) is 2.06. The maximum atomic E-state index is 9.95. The van der Waals surface area contributed by atoms with Gasteiger partial charge in [-0.1, -0.05) is 29.8 Å². The predicted molar refractivity (Wildman–Crippen MR) is 68.0 cm³/mol. The number of hydrogen-bond donors (Lipinski definition) is 2. The fourth-order valence-electron chi connectivity index (χ4n) is 1.79. The van der Waals surface area contributed by atoms with Crippen LogP contribution < -0.4 is 0 Å². The van der Waals surface area contributed by atoms with Gasteiger partial charge in [-0.05, 0) is 19.1 Å². The quantitative estimate of drug-likeness (QED) is 0.825. The Bertz CT molecular complexity index is 528. The van der Waals surface area contributed by atoms with E-state index in [0.29, 0.717) is 5.56 Å². The Kier molecular flexibility index (Phi) is 3.62. The molecule has 2 rings (SSSR count). The van der Waals surface area contributed by atoms with Crippen LogP contribution in [0.1, 0.15) is 25.0 Å². The number of nitrogens with zero attached hydrogens (tertiary/aromatic N) is 1. The lowest BCUT2D eigenvalue weighted by atomic mass is 10.0. The number of fused-ring (bicyclic) bond motifs is 1. The van der Waals surface area contributed by atoms with Gasteiger partial charge in [0.2, 0.25) is 0 Å². The van der Waals surface area contributed by atoms with Crippen LogP contribution in [-0.2, 0) is 0 Å². The molecule has 0 aliphatic carbocycles. The summed E-state index contributed by atoms with van der Waals surface area (Å²) in [5, 5.41) is 20.4. The van der Waals surface area contributed by atoms with Crippen molar-refractivity contribution in [2.24, 2.45) is 0 Å². The van der Waals surface area contributed by atoms with Crippen molar-refractivity contribution < 1.29 is 10.2 Å². The summed E-state index contributed by atoms with van der Waals surface area (Å²) in [6, 6.07) is 9.39. The second-order valence-electron chi connectivity index (χ2n) is 4.16. The Hall–Kier alpha value is -1.16. The molecule has 2 N–H and O–H groups in total. The van der Waals surface area contributed by atoms with Gasteiger partial charge in [-0.25, -0.2) is 4.98 Å². The molecule has 0 fully saturated rings. The largest absolute Gasteiger partial charge is 0.393 e. The van der Waals surface area contributed by atoms with Crippen molar-refractivity contribution in [3.8, 4) is 0 Å². The third kappa shape index (κ3) is 2.75. The zero-order chi connectivity index (χ0) is 12.4. The zero-order valence-corrected chi connectivity index (χ0v) is 10.2. The van der Waals surface area contributed by atoms with Crippen molar-refractivity contribution in [1.29, 1.82) is 0 Å². The van der Waals surface area contributed by atoms with Crippen LogP contribution in [0.4, 0.5) is 0 Å². The molecule has 90 valence electrons. The van der Waals surface area contributed by atoms with E-state index in [4.69, 9.17) is 11.6 Å². The van der Waals surface area contributed by atoms with Crippen LogP contribution in [0.5, 0.6) is 0 Å². The maximum Gasteiger partial charge on any atom is 0.135 e. The van der Waals surface area contributed by atoms with E-state index in [9.17, 15) is 10.2 Å². The molecule has 0 spiro atoms. The fraction of sp³-hybridized carbons (Fsp3) is 0.308. The minimum absolute atomic E-state index is 0.250. The van der Waals surface area contributed by atoms with E-state index in [1.165, 1.54) is 0 Å². The predicted octanol–water partition coefficient (Wildman–Crippen LogP) is 2.69. The number of hydrogen-bond acceptors (Lipinski definition) is 3. The number of para-hydroxylation sites is 1. The summed E-state index contributed by atoms with van der Waals surface area (Å²) in [4.78, 5) is 4.23. The van der Waals surface area contributed by atoms with E-state index in [1.54, 1.807) is 6.92 Å². The molecule has 0 aliphatic rings. The topological polar surface area (TPSA) is 53.4 Å². The number of aromatic nitrogens is 1. The molecule has 2 atom stereocenters. The standard InChI is InChI=1S/C13H14ClNO2/c1-8(16)6-12(17)10-7-9-4-2-3-5-11(9)15-13(10)14/h2-5,7-8,12,16-17H,6H2,1H3/t8-,12+/m1/s1. The van der Waals surface area contributed by atoms with Gasteiger partial charge in [0.05, 0.1) is 17.7 Å². The Morgan fingerprint density at radius 2 is 2.00 bits per heavy atom. The molecule has 0 aliphatic heterocycles. The highest BCUT2D eigenvalue weighted by Gasteiger charge is 2.15. The molecule has 1 heterocycles. The zero-order valence-electron chi connectivity index (χ0n) is 9.47. The van der Waals surface area contributed by atoms with E-state index in [1.807, 2.05) is 30.3 Å². The molecule has 0 saturated carbocycles. The van der Waals surface area contributed by atoms with E-state index in [-0.39, 0.29) is 11.6 Å². The van der Waals surface area contributed by atoms with Gasteiger partial charge in [0.1, 0.15) is 5.15 Å². The number of aliphatic hydroxyl groups excluding tert-OH is 2. The molecule has 17 heavy (non-hydrogen) atoms. The summed E-state index contributed by atoms with van der Waals surface area (Å²) >= 11 is 6.03. The van der Waals surface area contributed by atoms with Gasteiger partial charge in [0, 0.05) is 17.4 Å². The number of benzene rings is 1. The maximum absolute atomic E-state index is 9.95. The first-order chi connectivity index (χ1) is 8.08. The lowest BCUT2D eigenvalue weighted by Crippen LogP contribution is -2.09. The molecule has 0 radical (unpaired) electrons. The Labute approximate surface area is 105 Å². The first kappa shape index (κ1) is 12.3. The monoisotopic (exact) mass is 251 g/mol. The molecule has 0 unspecified atom stereocenters. The van der Waals surface area contributed by atoms with Gasteiger partial charge in [-0.15, -0.1) is 0 Å². The van der Waals surface area contributed by atoms with Gasteiger partial charge in [0.15, 0.2) is 0 Å². The second kappa shape index (κ2) is 5.00. The lowest BCUT2D eigenvalue weighted by Gasteiger charge is -2.14. The lowest BCUT2D eigenvalue weighted by molar-refractivity contribution is 0.0907. The smallest absolute Gasteiger partial charge is 0.135 e. The van der Waals surface area contributed by atoms with E-state index in [2.05, 4.69) is 4.98 Å². The van der Waals surface area contributed by atoms with Crippen LogP contribution in [0.3, 0.4) is 0 Å². The number of aliphatic hydroxyl groups is 2. The Morgan fingerprint density at radius 1 is 1.29 bits per heavy atom. The van der Waals surface area contributed by atoms with Crippen LogP contribution in [0.15, 0.2) is 30.3 Å². The van der Waals surface area contributed by atoms with Crippen molar-refractivity contribution in [2.75, 3.05) is 0 Å². The van der Waals surface area contributed by atoms with Crippen molar-refractivity contribution in [3.63, 3.8) is 0 Å². The molecule has 3 nitrogen and oxygen atoms in total. The SMILES string of the molecule is C[C@@H](O)C[C@H](O)c1cc2ccccc2nc1Cl. The second-order valence-corrected chi connectivity index (χ2v) is 4.52. The Balaban J connectivity index is 2.43. The normalized spacial score (nSPS) is 14.8.